The van der Waals surface area contributed by atoms with Crippen molar-refractivity contribution in [1.82, 2.24) is 5.32 Å². The molecule has 2 rings (SSSR count). The SMILES string of the molecule is CC1(C)CCCCC1NC(N)=NCc1ccccc1. The third-order valence-corrected chi connectivity index (χ3v) is 4.10. The summed E-state index contributed by atoms with van der Waals surface area (Å²) in [6.07, 6.45) is 5.06. The Morgan fingerprint density at radius 3 is 2.74 bits per heavy atom. The van der Waals surface area contributed by atoms with E-state index in [0.29, 0.717) is 24.0 Å². The lowest BCUT2D eigenvalue weighted by Crippen LogP contribution is -2.49. The second-order valence-corrected chi connectivity index (χ2v) is 6.12. The number of guanidine groups is 1. The molecule has 1 atom stereocenters. The van der Waals surface area contributed by atoms with E-state index >= 15 is 0 Å². The highest BCUT2D eigenvalue weighted by Gasteiger charge is 2.32. The monoisotopic (exact) mass is 259 g/mol. The van der Waals surface area contributed by atoms with E-state index in [4.69, 9.17) is 5.73 Å². The first-order valence-corrected chi connectivity index (χ1v) is 7.18. The molecule has 0 radical (unpaired) electrons. The van der Waals surface area contributed by atoms with Gasteiger partial charge in [0.1, 0.15) is 0 Å². The lowest BCUT2D eigenvalue weighted by molar-refractivity contribution is 0.185. The van der Waals surface area contributed by atoms with Gasteiger partial charge in [-0.15, -0.1) is 0 Å². The van der Waals surface area contributed by atoms with Crippen LogP contribution in [0.2, 0.25) is 0 Å². The maximum Gasteiger partial charge on any atom is 0.189 e. The van der Waals surface area contributed by atoms with E-state index in [0.717, 1.165) is 0 Å². The average molecular weight is 259 g/mol. The van der Waals surface area contributed by atoms with Gasteiger partial charge in [0.2, 0.25) is 0 Å². The summed E-state index contributed by atoms with van der Waals surface area (Å²) >= 11 is 0. The van der Waals surface area contributed by atoms with Crippen LogP contribution in [0.25, 0.3) is 0 Å². The molecule has 104 valence electrons. The number of nitrogens with one attached hydrogen (secondary N) is 1. The second kappa shape index (κ2) is 6.09. The second-order valence-electron chi connectivity index (χ2n) is 6.12. The van der Waals surface area contributed by atoms with Gasteiger partial charge in [-0.3, -0.25) is 0 Å². The fraction of sp³-hybridized carbons (Fsp3) is 0.562. The van der Waals surface area contributed by atoms with Crippen LogP contribution in [0.3, 0.4) is 0 Å². The number of nitrogens with zero attached hydrogens (tertiary/aromatic N) is 1. The van der Waals surface area contributed by atoms with Gasteiger partial charge in [0.15, 0.2) is 5.96 Å². The quantitative estimate of drug-likeness (QED) is 0.647. The first-order chi connectivity index (χ1) is 9.08. The standard InChI is InChI=1S/C16H25N3/c1-16(2)11-7-6-10-14(16)19-15(17)18-12-13-8-4-3-5-9-13/h3-5,8-9,14H,6-7,10-12H2,1-2H3,(H3,17,18,19). The number of hydrogen-bond donors (Lipinski definition) is 2. The van der Waals surface area contributed by atoms with E-state index < -0.39 is 0 Å². The molecule has 0 heterocycles. The van der Waals surface area contributed by atoms with Gasteiger partial charge in [0.05, 0.1) is 6.54 Å². The molecule has 19 heavy (non-hydrogen) atoms. The minimum Gasteiger partial charge on any atom is -0.370 e. The van der Waals surface area contributed by atoms with Crippen molar-refractivity contribution in [3.05, 3.63) is 35.9 Å². The first kappa shape index (κ1) is 13.9. The van der Waals surface area contributed by atoms with Gasteiger partial charge in [-0.25, -0.2) is 4.99 Å². The third kappa shape index (κ3) is 3.98. The normalized spacial score (nSPS) is 23.1. The molecule has 0 aromatic heterocycles. The number of hydrogen-bond acceptors (Lipinski definition) is 1. The molecule has 0 bridgehead atoms. The van der Waals surface area contributed by atoms with Crippen LogP contribution >= 0.6 is 0 Å². The Morgan fingerprint density at radius 2 is 2.05 bits per heavy atom. The molecule has 0 amide bonds. The van der Waals surface area contributed by atoms with Crippen molar-refractivity contribution in [1.29, 1.82) is 0 Å². The van der Waals surface area contributed by atoms with E-state index in [2.05, 4.69) is 36.3 Å². The molecule has 1 aliphatic carbocycles. The minimum atomic E-state index is 0.311. The Bertz CT molecular complexity index is 423. The van der Waals surface area contributed by atoms with E-state index in [9.17, 15) is 0 Å². The van der Waals surface area contributed by atoms with Gasteiger partial charge in [-0.1, -0.05) is 57.0 Å². The van der Waals surface area contributed by atoms with E-state index in [-0.39, 0.29) is 0 Å². The summed E-state index contributed by atoms with van der Waals surface area (Å²) in [5.74, 6) is 0.573. The number of benzene rings is 1. The largest absolute Gasteiger partial charge is 0.370 e. The molecule has 0 spiro atoms. The lowest BCUT2D eigenvalue weighted by atomic mass is 9.73. The number of rotatable bonds is 3. The topological polar surface area (TPSA) is 50.4 Å². The molecule has 1 unspecified atom stereocenters. The molecular weight excluding hydrogens is 234 g/mol. The van der Waals surface area contributed by atoms with Crippen molar-refractivity contribution in [2.45, 2.75) is 52.1 Å². The number of aliphatic imine (C=N–C) groups is 1. The molecule has 1 aromatic carbocycles. The molecule has 3 N–H and O–H groups in total. The summed E-state index contributed by atoms with van der Waals surface area (Å²) in [5, 5.41) is 3.41. The summed E-state index contributed by atoms with van der Waals surface area (Å²) in [6, 6.07) is 10.7. The van der Waals surface area contributed by atoms with Gasteiger partial charge in [0, 0.05) is 6.04 Å². The van der Waals surface area contributed by atoms with E-state index in [1.165, 1.54) is 31.2 Å². The lowest BCUT2D eigenvalue weighted by Gasteiger charge is -2.39. The Hall–Kier alpha value is -1.51. The fourth-order valence-corrected chi connectivity index (χ4v) is 2.75. The zero-order chi connectivity index (χ0) is 13.7. The van der Waals surface area contributed by atoms with Crippen LogP contribution < -0.4 is 11.1 Å². The highest BCUT2D eigenvalue weighted by atomic mass is 15.1. The molecule has 3 nitrogen and oxygen atoms in total. The van der Waals surface area contributed by atoms with E-state index in [1.54, 1.807) is 0 Å². The molecular formula is C16H25N3. The maximum atomic E-state index is 6.01. The summed E-state index contributed by atoms with van der Waals surface area (Å²) in [4.78, 5) is 4.44. The van der Waals surface area contributed by atoms with Gasteiger partial charge in [-0.2, -0.15) is 0 Å². The number of nitrogens with two attached hydrogens (primary N) is 1. The van der Waals surface area contributed by atoms with Crippen LogP contribution in [0.1, 0.15) is 45.1 Å². The van der Waals surface area contributed by atoms with Gasteiger partial charge < -0.3 is 11.1 Å². The third-order valence-electron chi connectivity index (χ3n) is 4.10. The molecule has 1 fully saturated rings. The predicted molar refractivity (Wildman–Crippen MR) is 80.9 cm³/mol. The molecule has 1 aliphatic rings. The highest BCUT2D eigenvalue weighted by molar-refractivity contribution is 5.78. The zero-order valence-corrected chi connectivity index (χ0v) is 12.0. The minimum absolute atomic E-state index is 0.311. The van der Waals surface area contributed by atoms with Crippen LogP contribution in [0.4, 0.5) is 0 Å². The Balaban J connectivity index is 1.91. The molecule has 1 saturated carbocycles. The fourth-order valence-electron chi connectivity index (χ4n) is 2.75. The smallest absolute Gasteiger partial charge is 0.189 e. The van der Waals surface area contributed by atoms with Gasteiger partial charge in [0.25, 0.3) is 0 Å². The van der Waals surface area contributed by atoms with Gasteiger partial charge in [-0.05, 0) is 23.8 Å². The first-order valence-electron chi connectivity index (χ1n) is 7.18. The van der Waals surface area contributed by atoms with Gasteiger partial charge >= 0.3 is 0 Å². The summed E-state index contributed by atoms with van der Waals surface area (Å²) in [6.45, 7) is 5.27. The van der Waals surface area contributed by atoms with Crippen molar-refractivity contribution >= 4 is 5.96 Å². The maximum absolute atomic E-state index is 6.01. The predicted octanol–water partition coefficient (Wildman–Crippen LogP) is 3.06. The van der Waals surface area contributed by atoms with Crippen LogP contribution in [0.5, 0.6) is 0 Å². The Kier molecular flexibility index (Phi) is 4.46. The van der Waals surface area contributed by atoms with Crippen molar-refractivity contribution < 1.29 is 0 Å². The van der Waals surface area contributed by atoms with E-state index in [1.807, 2.05) is 18.2 Å². The van der Waals surface area contributed by atoms with Crippen molar-refractivity contribution in [3.63, 3.8) is 0 Å². The summed E-state index contributed by atoms with van der Waals surface area (Å²) in [7, 11) is 0. The summed E-state index contributed by atoms with van der Waals surface area (Å²) in [5.41, 5.74) is 7.51. The molecule has 1 aromatic rings. The molecule has 0 aliphatic heterocycles. The Morgan fingerprint density at radius 1 is 1.32 bits per heavy atom. The van der Waals surface area contributed by atoms with Crippen molar-refractivity contribution in [2.24, 2.45) is 16.1 Å². The van der Waals surface area contributed by atoms with Crippen molar-refractivity contribution in [3.8, 4) is 0 Å². The molecule has 3 heteroatoms. The zero-order valence-electron chi connectivity index (χ0n) is 12.0. The van der Waals surface area contributed by atoms with Crippen molar-refractivity contribution in [2.75, 3.05) is 0 Å². The van der Waals surface area contributed by atoms with Crippen LogP contribution in [-0.2, 0) is 6.54 Å². The highest BCUT2D eigenvalue weighted by Crippen LogP contribution is 2.35. The van der Waals surface area contributed by atoms with Crippen LogP contribution in [0.15, 0.2) is 35.3 Å². The van der Waals surface area contributed by atoms with Crippen LogP contribution in [0, 0.1) is 5.41 Å². The summed E-state index contributed by atoms with van der Waals surface area (Å²) < 4.78 is 0. The molecule has 0 saturated heterocycles. The average Bonchev–Trinajstić information content (AvgIpc) is 2.40. The van der Waals surface area contributed by atoms with Crippen LogP contribution in [-0.4, -0.2) is 12.0 Å². The Labute approximate surface area is 116 Å².